The SMILES string of the molecule is NC(=O)c1cccc2c[nH]nc12.O=C(O)C(=O)O. The van der Waals surface area contributed by atoms with E-state index >= 15 is 0 Å². The lowest BCUT2D eigenvalue weighted by Gasteiger charge is -1.94. The van der Waals surface area contributed by atoms with Gasteiger partial charge in [-0.05, 0) is 6.07 Å². The molecule has 1 aromatic heterocycles. The summed E-state index contributed by atoms with van der Waals surface area (Å²) in [5.74, 6) is -4.10. The second-order valence-electron chi connectivity index (χ2n) is 3.10. The fraction of sp³-hybridized carbons (Fsp3) is 0. The topological polar surface area (TPSA) is 146 Å². The first-order valence-electron chi connectivity index (χ1n) is 4.62. The Hall–Kier alpha value is -2.90. The standard InChI is InChI=1S/C8H7N3O.C2H2O4/c9-8(12)6-3-1-2-5-4-10-11-7(5)6;3-1(4)2(5)6/h1-4H,(H2,9,12)(H,10,11);(H,3,4)(H,5,6). The molecule has 18 heavy (non-hydrogen) atoms. The molecule has 2 aromatic rings. The second-order valence-corrected chi connectivity index (χ2v) is 3.10. The smallest absolute Gasteiger partial charge is 0.414 e. The van der Waals surface area contributed by atoms with Crippen LogP contribution in [0.15, 0.2) is 24.4 Å². The van der Waals surface area contributed by atoms with Crippen molar-refractivity contribution in [3.63, 3.8) is 0 Å². The summed E-state index contributed by atoms with van der Waals surface area (Å²) in [5.41, 5.74) is 6.23. The predicted molar refractivity (Wildman–Crippen MR) is 59.9 cm³/mol. The zero-order chi connectivity index (χ0) is 13.7. The summed E-state index contributed by atoms with van der Waals surface area (Å²) >= 11 is 0. The first-order chi connectivity index (χ1) is 8.43. The maximum Gasteiger partial charge on any atom is 0.414 e. The number of carbonyl (C=O) groups excluding carboxylic acids is 1. The van der Waals surface area contributed by atoms with Crippen LogP contribution in [-0.2, 0) is 9.59 Å². The van der Waals surface area contributed by atoms with Gasteiger partial charge in [0.15, 0.2) is 0 Å². The number of nitrogens with two attached hydrogens (primary N) is 1. The summed E-state index contributed by atoms with van der Waals surface area (Å²) in [6.07, 6.45) is 1.72. The van der Waals surface area contributed by atoms with Crippen molar-refractivity contribution < 1.29 is 24.6 Å². The van der Waals surface area contributed by atoms with Crippen LogP contribution in [0, 0.1) is 0 Å². The maximum absolute atomic E-state index is 10.9. The number of primary amides is 1. The Balaban J connectivity index is 0.000000232. The van der Waals surface area contributed by atoms with Gasteiger partial charge in [0.1, 0.15) is 5.52 Å². The highest BCUT2D eigenvalue weighted by Gasteiger charge is 2.06. The van der Waals surface area contributed by atoms with Crippen molar-refractivity contribution in [3.05, 3.63) is 30.0 Å². The number of carboxylic acids is 2. The molecule has 0 aliphatic rings. The molecule has 0 aliphatic heterocycles. The third-order valence-corrected chi connectivity index (χ3v) is 1.91. The largest absolute Gasteiger partial charge is 0.473 e. The van der Waals surface area contributed by atoms with Gasteiger partial charge in [-0.2, -0.15) is 5.10 Å². The molecule has 0 saturated carbocycles. The molecular formula is C10H9N3O5. The van der Waals surface area contributed by atoms with Gasteiger partial charge in [0.05, 0.1) is 5.56 Å². The van der Waals surface area contributed by atoms with Crippen LogP contribution in [0.4, 0.5) is 0 Å². The number of benzene rings is 1. The molecule has 0 atom stereocenters. The van der Waals surface area contributed by atoms with Crippen LogP contribution in [0.2, 0.25) is 0 Å². The second kappa shape index (κ2) is 5.43. The van der Waals surface area contributed by atoms with Crippen molar-refractivity contribution >= 4 is 28.7 Å². The van der Waals surface area contributed by atoms with Gasteiger partial charge in [-0.15, -0.1) is 0 Å². The Bertz CT molecular complexity index is 592. The number of aromatic nitrogens is 2. The molecule has 0 radical (unpaired) electrons. The molecule has 0 fully saturated rings. The van der Waals surface area contributed by atoms with Gasteiger partial charge in [-0.1, -0.05) is 12.1 Å². The van der Waals surface area contributed by atoms with Crippen LogP contribution < -0.4 is 5.73 Å². The van der Waals surface area contributed by atoms with Crippen molar-refractivity contribution in [3.8, 4) is 0 Å². The molecule has 0 saturated heterocycles. The van der Waals surface area contributed by atoms with Crippen molar-refractivity contribution in [2.24, 2.45) is 5.73 Å². The molecule has 8 heteroatoms. The molecule has 1 amide bonds. The van der Waals surface area contributed by atoms with E-state index in [1.165, 1.54) is 0 Å². The van der Waals surface area contributed by atoms with E-state index in [-0.39, 0.29) is 0 Å². The molecule has 1 heterocycles. The fourth-order valence-electron chi connectivity index (χ4n) is 1.17. The van der Waals surface area contributed by atoms with E-state index in [0.717, 1.165) is 5.39 Å². The van der Waals surface area contributed by atoms with Crippen LogP contribution in [0.25, 0.3) is 10.9 Å². The van der Waals surface area contributed by atoms with Gasteiger partial charge in [0.25, 0.3) is 5.91 Å². The molecule has 94 valence electrons. The van der Waals surface area contributed by atoms with E-state index in [9.17, 15) is 4.79 Å². The Morgan fingerprint density at radius 3 is 2.28 bits per heavy atom. The molecule has 0 bridgehead atoms. The fourth-order valence-corrected chi connectivity index (χ4v) is 1.17. The molecule has 1 aromatic carbocycles. The number of fused-ring (bicyclic) bond motifs is 1. The highest BCUT2D eigenvalue weighted by atomic mass is 16.4. The number of hydrogen-bond donors (Lipinski definition) is 4. The number of H-pyrrole nitrogens is 1. The molecule has 0 spiro atoms. The van der Waals surface area contributed by atoms with Crippen LogP contribution in [0.5, 0.6) is 0 Å². The number of aromatic amines is 1. The first-order valence-corrected chi connectivity index (χ1v) is 4.62. The number of hydrogen-bond acceptors (Lipinski definition) is 4. The Morgan fingerprint density at radius 1 is 1.17 bits per heavy atom. The lowest BCUT2D eigenvalue weighted by molar-refractivity contribution is -0.159. The van der Waals surface area contributed by atoms with Gasteiger partial charge in [-0.25, -0.2) is 9.59 Å². The summed E-state index contributed by atoms with van der Waals surface area (Å²) < 4.78 is 0. The Labute approximate surface area is 100 Å². The molecule has 2 rings (SSSR count). The van der Waals surface area contributed by atoms with Gasteiger partial charge in [-0.3, -0.25) is 9.89 Å². The number of aliphatic carboxylic acids is 2. The quantitative estimate of drug-likeness (QED) is 0.517. The molecular weight excluding hydrogens is 242 g/mol. The summed E-state index contributed by atoms with van der Waals surface area (Å²) in [4.78, 5) is 29.1. The van der Waals surface area contributed by atoms with Crippen molar-refractivity contribution in [1.82, 2.24) is 10.2 Å². The Kier molecular flexibility index (Phi) is 3.98. The van der Waals surface area contributed by atoms with Crippen molar-refractivity contribution in [1.29, 1.82) is 0 Å². The number of amides is 1. The highest BCUT2D eigenvalue weighted by molar-refractivity contribution is 6.27. The minimum Gasteiger partial charge on any atom is -0.473 e. The van der Waals surface area contributed by atoms with Crippen LogP contribution in [0.1, 0.15) is 10.4 Å². The number of nitrogens with zero attached hydrogens (tertiary/aromatic N) is 1. The molecule has 0 aliphatic carbocycles. The van der Waals surface area contributed by atoms with Crippen molar-refractivity contribution in [2.75, 3.05) is 0 Å². The minimum atomic E-state index is -1.82. The zero-order valence-corrected chi connectivity index (χ0v) is 8.95. The lowest BCUT2D eigenvalue weighted by atomic mass is 10.1. The number of nitrogens with one attached hydrogen (secondary N) is 1. The minimum absolute atomic E-state index is 0.451. The normalized spacial score (nSPS) is 9.33. The van der Waals surface area contributed by atoms with E-state index in [2.05, 4.69) is 10.2 Å². The molecule has 0 unspecified atom stereocenters. The third kappa shape index (κ3) is 3.04. The number of rotatable bonds is 1. The van der Waals surface area contributed by atoms with E-state index in [0.29, 0.717) is 11.1 Å². The van der Waals surface area contributed by atoms with Crippen LogP contribution in [-0.4, -0.2) is 38.3 Å². The Morgan fingerprint density at radius 2 is 1.78 bits per heavy atom. The van der Waals surface area contributed by atoms with E-state index in [1.54, 1.807) is 18.3 Å². The van der Waals surface area contributed by atoms with E-state index in [1.807, 2.05) is 6.07 Å². The van der Waals surface area contributed by atoms with E-state index < -0.39 is 17.8 Å². The number of para-hydroxylation sites is 1. The van der Waals surface area contributed by atoms with Gasteiger partial charge in [0, 0.05) is 11.6 Å². The zero-order valence-electron chi connectivity index (χ0n) is 8.95. The molecule has 8 nitrogen and oxygen atoms in total. The predicted octanol–water partition coefficient (Wildman–Crippen LogP) is -0.183. The third-order valence-electron chi connectivity index (χ3n) is 1.91. The summed E-state index contributed by atoms with van der Waals surface area (Å²) in [5, 5.41) is 22.3. The van der Waals surface area contributed by atoms with Gasteiger partial charge < -0.3 is 15.9 Å². The maximum atomic E-state index is 10.9. The average Bonchev–Trinajstić information content (AvgIpc) is 2.76. The molecule has 5 N–H and O–H groups in total. The van der Waals surface area contributed by atoms with Crippen molar-refractivity contribution in [2.45, 2.75) is 0 Å². The lowest BCUT2D eigenvalue weighted by Crippen LogP contribution is -2.11. The van der Waals surface area contributed by atoms with Crippen LogP contribution >= 0.6 is 0 Å². The van der Waals surface area contributed by atoms with E-state index in [4.69, 9.17) is 25.5 Å². The number of carboxylic acid groups (broad SMARTS) is 2. The number of carbonyl (C=O) groups is 3. The van der Waals surface area contributed by atoms with Gasteiger partial charge in [0.2, 0.25) is 0 Å². The summed E-state index contributed by atoms with van der Waals surface area (Å²) in [7, 11) is 0. The highest BCUT2D eigenvalue weighted by Crippen LogP contribution is 2.14. The first kappa shape index (κ1) is 13.2. The summed E-state index contributed by atoms with van der Waals surface area (Å²) in [6.45, 7) is 0. The average molecular weight is 251 g/mol. The van der Waals surface area contributed by atoms with Gasteiger partial charge >= 0.3 is 11.9 Å². The van der Waals surface area contributed by atoms with Crippen LogP contribution in [0.3, 0.4) is 0 Å². The monoisotopic (exact) mass is 251 g/mol. The summed E-state index contributed by atoms with van der Waals surface area (Å²) in [6, 6.07) is 5.30.